The van der Waals surface area contributed by atoms with Gasteiger partial charge >= 0.3 is 5.69 Å². The average molecular weight is 236 g/mol. The third kappa shape index (κ3) is 2.21. The molecule has 92 valence electrons. The predicted octanol–water partition coefficient (Wildman–Crippen LogP) is 1.18. The number of anilines is 1. The fourth-order valence-electron chi connectivity index (χ4n) is 2.18. The van der Waals surface area contributed by atoms with E-state index in [0.29, 0.717) is 5.69 Å². The molecule has 0 aromatic carbocycles. The van der Waals surface area contributed by atoms with E-state index in [-0.39, 0.29) is 16.1 Å². The number of aromatic nitrogens is 1. The third-order valence-electron chi connectivity index (χ3n) is 3.07. The van der Waals surface area contributed by atoms with Crippen molar-refractivity contribution in [3.8, 4) is 0 Å². The fourth-order valence-corrected chi connectivity index (χ4v) is 2.18. The van der Waals surface area contributed by atoms with Crippen LogP contribution in [-0.4, -0.2) is 35.1 Å². The van der Waals surface area contributed by atoms with Crippen LogP contribution in [0.25, 0.3) is 0 Å². The van der Waals surface area contributed by atoms with Crippen molar-refractivity contribution in [2.24, 2.45) is 0 Å². The summed E-state index contributed by atoms with van der Waals surface area (Å²) in [5.74, 6) is 0. The van der Waals surface area contributed by atoms with Gasteiger partial charge in [0, 0.05) is 31.4 Å². The van der Waals surface area contributed by atoms with E-state index < -0.39 is 0 Å². The monoisotopic (exact) mass is 236 g/mol. The van der Waals surface area contributed by atoms with Crippen LogP contribution in [0.3, 0.4) is 0 Å². The Bertz CT molecular complexity index is 433. The molecule has 17 heavy (non-hydrogen) atoms. The Morgan fingerprint density at radius 2 is 2.35 bits per heavy atom. The first-order valence-corrected chi connectivity index (χ1v) is 5.59. The van der Waals surface area contributed by atoms with E-state index in [0.717, 1.165) is 19.6 Å². The van der Waals surface area contributed by atoms with E-state index >= 15 is 0 Å². The molecule has 0 amide bonds. The summed E-state index contributed by atoms with van der Waals surface area (Å²) in [6, 6.07) is 1.71. The predicted molar refractivity (Wildman–Crippen MR) is 65.2 cm³/mol. The minimum absolute atomic E-state index is 0.0717. The average Bonchev–Trinajstić information content (AvgIpc) is 2.28. The first kappa shape index (κ1) is 11.8. The van der Waals surface area contributed by atoms with Crippen molar-refractivity contribution in [3.63, 3.8) is 0 Å². The molecule has 1 N–H and O–H groups in total. The zero-order valence-electron chi connectivity index (χ0n) is 10.0. The van der Waals surface area contributed by atoms with Gasteiger partial charge in [-0.25, -0.2) is 0 Å². The molecule has 1 aromatic rings. The van der Waals surface area contributed by atoms with E-state index in [9.17, 15) is 10.1 Å². The molecular formula is C11H16N4O2. The van der Waals surface area contributed by atoms with E-state index in [1.165, 1.54) is 6.20 Å². The summed E-state index contributed by atoms with van der Waals surface area (Å²) in [5, 5.41) is 14.3. The van der Waals surface area contributed by atoms with Crippen LogP contribution in [0.2, 0.25) is 0 Å². The lowest BCUT2D eigenvalue weighted by Crippen LogP contribution is -2.58. The smallest absolute Gasteiger partial charge is 0.310 e. The van der Waals surface area contributed by atoms with Crippen LogP contribution in [0.4, 0.5) is 11.4 Å². The second-order valence-corrected chi connectivity index (χ2v) is 4.76. The van der Waals surface area contributed by atoms with Crippen molar-refractivity contribution in [1.82, 2.24) is 10.3 Å². The molecule has 0 atom stereocenters. The van der Waals surface area contributed by atoms with Gasteiger partial charge in [-0.2, -0.15) is 0 Å². The first-order chi connectivity index (χ1) is 8.02. The number of rotatable bonds is 2. The standard InChI is InChI=1S/C11H16N4O2/c1-11(2)8-13-5-6-14(11)9-3-4-12-7-10(9)15(16)17/h3-4,7,13H,5-6,8H2,1-2H3. The number of piperazine rings is 1. The van der Waals surface area contributed by atoms with Gasteiger partial charge in [-0.3, -0.25) is 15.1 Å². The molecule has 2 heterocycles. The van der Waals surface area contributed by atoms with Gasteiger partial charge in [-0.15, -0.1) is 0 Å². The van der Waals surface area contributed by atoms with Gasteiger partial charge in [-0.1, -0.05) is 0 Å². The maximum absolute atomic E-state index is 11.0. The molecule has 1 aromatic heterocycles. The number of pyridine rings is 1. The number of hydrogen-bond acceptors (Lipinski definition) is 5. The minimum Gasteiger partial charge on any atom is -0.358 e. The summed E-state index contributed by atoms with van der Waals surface area (Å²) < 4.78 is 0. The summed E-state index contributed by atoms with van der Waals surface area (Å²) in [7, 11) is 0. The molecule has 1 fully saturated rings. The molecule has 1 aliphatic heterocycles. The Morgan fingerprint density at radius 1 is 1.59 bits per heavy atom. The minimum atomic E-state index is -0.375. The van der Waals surface area contributed by atoms with E-state index in [2.05, 4.69) is 29.0 Å². The van der Waals surface area contributed by atoms with E-state index in [4.69, 9.17) is 0 Å². The van der Waals surface area contributed by atoms with Gasteiger partial charge in [0.1, 0.15) is 11.9 Å². The summed E-state index contributed by atoms with van der Waals surface area (Å²) in [5.41, 5.74) is 0.587. The molecule has 0 saturated carbocycles. The van der Waals surface area contributed by atoms with Crippen LogP contribution >= 0.6 is 0 Å². The molecule has 6 heteroatoms. The Morgan fingerprint density at radius 3 is 3.00 bits per heavy atom. The number of nitrogens with zero attached hydrogens (tertiary/aromatic N) is 3. The lowest BCUT2D eigenvalue weighted by atomic mass is 9.99. The molecule has 0 spiro atoms. The lowest BCUT2D eigenvalue weighted by Gasteiger charge is -2.44. The Kier molecular flexibility index (Phi) is 2.97. The van der Waals surface area contributed by atoms with E-state index in [1.807, 2.05) is 0 Å². The Hall–Kier alpha value is -1.69. The molecule has 0 bridgehead atoms. The van der Waals surface area contributed by atoms with Gasteiger partial charge in [0.2, 0.25) is 0 Å². The number of nitro groups is 1. The van der Waals surface area contributed by atoms with Crippen LogP contribution in [0, 0.1) is 10.1 Å². The molecular weight excluding hydrogens is 220 g/mol. The highest BCUT2D eigenvalue weighted by Crippen LogP contribution is 2.32. The topological polar surface area (TPSA) is 71.3 Å². The molecule has 0 unspecified atom stereocenters. The van der Waals surface area contributed by atoms with Crippen molar-refractivity contribution in [1.29, 1.82) is 0 Å². The Balaban J connectivity index is 2.42. The van der Waals surface area contributed by atoms with Crippen LogP contribution in [0.15, 0.2) is 18.5 Å². The highest BCUT2D eigenvalue weighted by Gasteiger charge is 2.33. The quantitative estimate of drug-likeness (QED) is 0.616. The largest absolute Gasteiger partial charge is 0.358 e. The van der Waals surface area contributed by atoms with Crippen LogP contribution in [0.5, 0.6) is 0 Å². The molecule has 0 aliphatic carbocycles. The molecule has 0 radical (unpaired) electrons. The van der Waals surface area contributed by atoms with Gasteiger partial charge in [0.05, 0.1) is 4.92 Å². The second-order valence-electron chi connectivity index (χ2n) is 4.76. The zero-order chi connectivity index (χ0) is 12.5. The summed E-state index contributed by atoms with van der Waals surface area (Å²) in [6.45, 7) is 6.56. The van der Waals surface area contributed by atoms with Crippen molar-refractivity contribution in [2.75, 3.05) is 24.5 Å². The van der Waals surface area contributed by atoms with Crippen LogP contribution in [-0.2, 0) is 0 Å². The molecule has 2 rings (SSSR count). The lowest BCUT2D eigenvalue weighted by molar-refractivity contribution is -0.384. The van der Waals surface area contributed by atoms with E-state index in [1.54, 1.807) is 12.3 Å². The molecule has 1 saturated heterocycles. The van der Waals surface area contributed by atoms with Gasteiger partial charge in [0.25, 0.3) is 0 Å². The highest BCUT2D eigenvalue weighted by molar-refractivity contribution is 5.63. The van der Waals surface area contributed by atoms with Gasteiger partial charge in [0.15, 0.2) is 0 Å². The fraction of sp³-hybridized carbons (Fsp3) is 0.545. The second kappa shape index (κ2) is 4.29. The zero-order valence-corrected chi connectivity index (χ0v) is 10.0. The van der Waals surface area contributed by atoms with Gasteiger partial charge < -0.3 is 10.2 Å². The maximum atomic E-state index is 11.0. The van der Waals surface area contributed by atoms with Crippen molar-refractivity contribution in [3.05, 3.63) is 28.6 Å². The number of hydrogen-bond donors (Lipinski definition) is 1. The molecule has 1 aliphatic rings. The van der Waals surface area contributed by atoms with Crippen molar-refractivity contribution < 1.29 is 4.92 Å². The highest BCUT2D eigenvalue weighted by atomic mass is 16.6. The van der Waals surface area contributed by atoms with Crippen molar-refractivity contribution in [2.45, 2.75) is 19.4 Å². The third-order valence-corrected chi connectivity index (χ3v) is 3.07. The summed E-state index contributed by atoms with van der Waals surface area (Å²) in [4.78, 5) is 16.5. The molecule has 6 nitrogen and oxygen atoms in total. The first-order valence-electron chi connectivity index (χ1n) is 5.59. The van der Waals surface area contributed by atoms with Crippen molar-refractivity contribution >= 4 is 11.4 Å². The normalized spacial score (nSPS) is 19.1. The Labute approximate surface area is 99.8 Å². The summed E-state index contributed by atoms with van der Waals surface area (Å²) >= 11 is 0. The summed E-state index contributed by atoms with van der Waals surface area (Å²) in [6.07, 6.45) is 2.91. The van der Waals surface area contributed by atoms with Gasteiger partial charge in [-0.05, 0) is 19.9 Å². The SMILES string of the molecule is CC1(C)CNCCN1c1ccncc1[N+](=O)[O-]. The number of nitrogens with one attached hydrogen (secondary N) is 1. The van der Waals surface area contributed by atoms with Crippen LogP contribution in [0.1, 0.15) is 13.8 Å². The van der Waals surface area contributed by atoms with Crippen LogP contribution < -0.4 is 10.2 Å². The maximum Gasteiger partial charge on any atom is 0.310 e.